The predicted molar refractivity (Wildman–Crippen MR) is 422 cm³/mol. The van der Waals surface area contributed by atoms with E-state index in [1.54, 1.807) is 110 Å². The van der Waals surface area contributed by atoms with Gasteiger partial charge in [0, 0.05) is 116 Å². The first-order valence-corrected chi connectivity index (χ1v) is 36.3. The standard InChI is InChI=1S/2C21H15F4N3O.2C21H15F3IN3O/c2*1-12-5-14(7-17(6-12)21(23,24)25)10-28-11-16(8-15(9-26)13(2)29)19-18(22)3-4-27-20(19)28;2*1-12-5-14(7-17(6-12)21(22,23)24)10-28-11-16(8-15(9-26)13(2)29)19-18(25)3-4-27-20(19)28/h4*3-8,11H,10H2,1-2H3/b4*15-8+. The number of nitriles is 4. The Balaban J connectivity index is 0.000000177. The molecule has 12 aromatic rings. The lowest BCUT2D eigenvalue weighted by Gasteiger charge is -2.11. The minimum absolute atomic E-state index is 0.00128. The molecule has 0 saturated carbocycles. The van der Waals surface area contributed by atoms with Gasteiger partial charge in [-0.1, -0.05) is 46.5 Å². The van der Waals surface area contributed by atoms with E-state index in [1.807, 2.05) is 12.1 Å². The maximum absolute atomic E-state index is 14.4. The Hall–Kier alpha value is -12.3. The van der Waals surface area contributed by atoms with Gasteiger partial charge in [0.1, 0.15) is 58.5 Å². The molecule has 8 heterocycles. The summed E-state index contributed by atoms with van der Waals surface area (Å²) in [6.45, 7) is 11.8. The van der Waals surface area contributed by atoms with Crippen LogP contribution in [0.5, 0.6) is 0 Å². The highest BCUT2D eigenvalue weighted by atomic mass is 127. The molecule has 12 rings (SSSR count). The molecular formula is C84H60F14I2N12O4. The lowest BCUT2D eigenvalue weighted by Crippen LogP contribution is -2.07. The number of ketones is 4. The minimum atomic E-state index is -4.49. The molecule has 0 spiro atoms. The number of aromatic nitrogens is 8. The third-order valence-corrected chi connectivity index (χ3v) is 19.2. The van der Waals surface area contributed by atoms with Crippen molar-refractivity contribution in [1.82, 2.24) is 38.2 Å². The summed E-state index contributed by atoms with van der Waals surface area (Å²) >= 11 is 4.25. The number of rotatable bonds is 16. The normalized spacial score (nSPS) is 12.2. The van der Waals surface area contributed by atoms with E-state index in [1.165, 1.54) is 85.9 Å². The number of fused-ring (bicyclic) bond motifs is 4. The Morgan fingerprint density at radius 1 is 0.353 bits per heavy atom. The summed E-state index contributed by atoms with van der Waals surface area (Å²) in [6.07, 6.45) is -0.278. The third kappa shape index (κ3) is 21.4. The molecule has 8 aromatic heterocycles. The second-order valence-corrected chi connectivity index (χ2v) is 28.9. The smallest absolute Gasteiger partial charge is 0.327 e. The van der Waals surface area contributed by atoms with Gasteiger partial charge in [-0.3, -0.25) is 19.2 Å². The lowest BCUT2D eigenvalue weighted by molar-refractivity contribution is -0.138. The summed E-state index contributed by atoms with van der Waals surface area (Å²) in [5, 5.41) is 38.3. The maximum Gasteiger partial charge on any atom is 0.416 e. The second kappa shape index (κ2) is 36.0. The molecule has 0 aliphatic rings. The van der Waals surface area contributed by atoms with Crippen molar-refractivity contribution in [2.24, 2.45) is 0 Å². The summed E-state index contributed by atoms with van der Waals surface area (Å²) in [4.78, 5) is 63.4. The molecule has 32 heteroatoms. The number of benzene rings is 4. The molecular weight excluding hydrogens is 1760 g/mol. The van der Waals surface area contributed by atoms with Crippen LogP contribution in [-0.4, -0.2) is 61.3 Å². The van der Waals surface area contributed by atoms with Crippen LogP contribution < -0.4 is 0 Å². The molecule has 0 N–H and O–H groups in total. The number of pyridine rings is 4. The monoisotopic (exact) mass is 1820 g/mol. The molecule has 0 aliphatic carbocycles. The number of aryl methyl sites for hydroxylation is 4. The number of halogens is 16. The zero-order valence-electron chi connectivity index (χ0n) is 62.0. The fourth-order valence-electron chi connectivity index (χ4n) is 12.5. The number of carbonyl (C=O) groups excluding carboxylic acids is 4. The fraction of sp³-hybridized carbons (Fsp3) is 0.190. The highest BCUT2D eigenvalue weighted by Crippen LogP contribution is 2.38. The van der Waals surface area contributed by atoms with E-state index in [4.69, 9.17) is 10.5 Å². The van der Waals surface area contributed by atoms with Crippen molar-refractivity contribution in [3.8, 4) is 24.3 Å². The van der Waals surface area contributed by atoms with Gasteiger partial charge < -0.3 is 18.3 Å². The first kappa shape index (κ1) is 87.7. The molecule has 0 unspecified atom stereocenters. The lowest BCUT2D eigenvalue weighted by atomic mass is 10.1. The summed E-state index contributed by atoms with van der Waals surface area (Å²) < 4.78 is 195. The largest absolute Gasteiger partial charge is 0.416 e. The van der Waals surface area contributed by atoms with E-state index >= 15 is 0 Å². The predicted octanol–water partition coefficient (Wildman–Crippen LogP) is 21.1. The van der Waals surface area contributed by atoms with Crippen LogP contribution in [0.4, 0.5) is 61.5 Å². The van der Waals surface area contributed by atoms with E-state index in [2.05, 4.69) is 65.1 Å². The average Bonchev–Trinajstić information content (AvgIpc) is 1.64. The third-order valence-electron chi connectivity index (χ3n) is 17.4. The molecule has 0 atom stereocenters. The van der Waals surface area contributed by atoms with Crippen LogP contribution in [0.2, 0.25) is 0 Å². The fourth-order valence-corrected chi connectivity index (χ4v) is 13.9. The molecule has 16 nitrogen and oxygen atoms in total. The van der Waals surface area contributed by atoms with Crippen molar-refractivity contribution >= 4 is 137 Å². The Labute approximate surface area is 679 Å². The zero-order chi connectivity index (χ0) is 85.4. The first-order chi connectivity index (χ1) is 54.4. The maximum atomic E-state index is 14.4. The van der Waals surface area contributed by atoms with Gasteiger partial charge in [-0.2, -0.15) is 73.7 Å². The first-order valence-electron chi connectivity index (χ1n) is 34.1. The molecule has 0 aliphatic heterocycles. The van der Waals surface area contributed by atoms with Gasteiger partial charge in [0.05, 0.1) is 55.3 Å². The number of hydrogen-bond acceptors (Lipinski definition) is 12. The second-order valence-electron chi connectivity index (χ2n) is 26.5. The van der Waals surface area contributed by atoms with Crippen molar-refractivity contribution in [2.75, 3.05) is 0 Å². The van der Waals surface area contributed by atoms with Gasteiger partial charge in [0.2, 0.25) is 0 Å². The van der Waals surface area contributed by atoms with Crippen LogP contribution in [0.15, 0.2) is 169 Å². The molecule has 0 amide bonds. The Kier molecular flexibility index (Phi) is 27.2. The van der Waals surface area contributed by atoms with Crippen molar-refractivity contribution in [3.05, 3.63) is 277 Å². The number of hydrogen-bond donors (Lipinski definition) is 0. The minimum Gasteiger partial charge on any atom is -0.327 e. The summed E-state index contributed by atoms with van der Waals surface area (Å²) in [5.74, 6) is -2.90. The van der Waals surface area contributed by atoms with Crippen molar-refractivity contribution in [2.45, 2.75) is 106 Å². The van der Waals surface area contributed by atoms with Crippen LogP contribution in [0.3, 0.4) is 0 Å². The molecule has 0 bridgehead atoms. The average molecular weight is 1820 g/mol. The zero-order valence-corrected chi connectivity index (χ0v) is 66.4. The quantitative estimate of drug-likeness (QED) is 0.0380. The molecule has 0 saturated heterocycles. The van der Waals surface area contributed by atoms with Crippen LogP contribution in [0.25, 0.3) is 68.4 Å². The summed E-state index contributed by atoms with van der Waals surface area (Å²) in [6, 6.07) is 28.4. The van der Waals surface area contributed by atoms with Crippen LogP contribution in [0.1, 0.15) is 117 Å². The highest BCUT2D eigenvalue weighted by molar-refractivity contribution is 14.1. The Morgan fingerprint density at radius 3 is 0.767 bits per heavy atom. The van der Waals surface area contributed by atoms with Gasteiger partial charge in [-0.15, -0.1) is 0 Å². The van der Waals surface area contributed by atoms with E-state index in [0.29, 0.717) is 66.9 Å². The van der Waals surface area contributed by atoms with Crippen LogP contribution in [-0.2, 0) is 70.1 Å². The van der Waals surface area contributed by atoms with Gasteiger partial charge in [-0.25, -0.2) is 28.7 Å². The number of allylic oxidation sites excluding steroid dienone is 4. The van der Waals surface area contributed by atoms with Gasteiger partial charge in [0.25, 0.3) is 0 Å². The molecule has 0 fully saturated rings. The van der Waals surface area contributed by atoms with Gasteiger partial charge in [-0.05, 0) is 220 Å². The van der Waals surface area contributed by atoms with Gasteiger partial charge in [0.15, 0.2) is 23.1 Å². The molecule has 116 heavy (non-hydrogen) atoms. The van der Waals surface area contributed by atoms with E-state index in [0.717, 1.165) is 78.6 Å². The van der Waals surface area contributed by atoms with E-state index in [9.17, 15) is 91.2 Å². The van der Waals surface area contributed by atoms with E-state index < -0.39 is 70.2 Å². The van der Waals surface area contributed by atoms with Crippen molar-refractivity contribution in [3.63, 3.8) is 0 Å². The molecule has 0 radical (unpaired) electrons. The topological polar surface area (TPSA) is 235 Å². The summed E-state index contributed by atoms with van der Waals surface area (Å²) in [5.41, 5.74) is 3.60. The number of Topliss-reactive ketones (excluding diaryl/α,β-unsaturated/α-hetero) is 4. The number of carbonyl (C=O) groups is 4. The Morgan fingerprint density at radius 2 is 0.560 bits per heavy atom. The van der Waals surface area contributed by atoms with Crippen LogP contribution in [0, 0.1) is 91.8 Å². The number of alkyl halides is 12. The number of nitrogens with zero attached hydrogens (tertiary/aromatic N) is 12. The van der Waals surface area contributed by atoms with Gasteiger partial charge >= 0.3 is 24.7 Å². The van der Waals surface area contributed by atoms with E-state index in [-0.39, 0.29) is 93.2 Å². The highest BCUT2D eigenvalue weighted by Gasteiger charge is 2.35. The van der Waals surface area contributed by atoms with Crippen LogP contribution >= 0.6 is 45.2 Å². The Bertz CT molecular complexity index is 5490. The van der Waals surface area contributed by atoms with Crippen molar-refractivity contribution in [1.29, 1.82) is 21.0 Å². The molecule has 4 aromatic carbocycles. The van der Waals surface area contributed by atoms with Crippen molar-refractivity contribution < 1.29 is 80.6 Å². The molecule has 592 valence electrons. The SMILES string of the molecule is CC(=O)/C(C#N)=C/c1cn(Cc2cc(C)cc(C(F)(F)F)c2)c2nccc(F)c12.CC(=O)/C(C#N)=C/c1cn(Cc2cc(C)cc(C(F)(F)F)c2)c2nccc(F)c12.CC(=O)/C(C#N)=C/c1cn(Cc2cc(C)cc(C(F)(F)F)c2)c2nccc(I)c12.CC(=O)/C(C#N)=C/c1cn(Cc2cc(C)cc(C(F)(F)F)c2)c2nccc(I)c12. The summed E-state index contributed by atoms with van der Waals surface area (Å²) in [7, 11) is 0.